The van der Waals surface area contributed by atoms with Crippen molar-refractivity contribution in [1.29, 1.82) is 0 Å². The Hall–Kier alpha value is -0.0631. The van der Waals surface area contributed by atoms with Crippen LogP contribution in [0.3, 0.4) is 0 Å². The van der Waals surface area contributed by atoms with Crippen molar-refractivity contribution in [2.45, 2.75) is 13.1 Å². The van der Waals surface area contributed by atoms with Gasteiger partial charge in [0.15, 0.2) is 0 Å². The first-order valence-electron chi connectivity index (χ1n) is 4.37. The van der Waals surface area contributed by atoms with Gasteiger partial charge in [-0.05, 0) is 68.7 Å². The van der Waals surface area contributed by atoms with E-state index >= 15 is 0 Å². The number of rotatable bonds is 3. The van der Waals surface area contributed by atoms with E-state index in [1.54, 1.807) is 0 Å². The van der Waals surface area contributed by atoms with Gasteiger partial charge in [0, 0.05) is 0 Å². The van der Waals surface area contributed by atoms with Crippen LogP contribution in [0.2, 0.25) is 13.1 Å². The summed E-state index contributed by atoms with van der Waals surface area (Å²) in [5, 5.41) is 0. The number of hydrogen-bond donors (Lipinski definition) is 0. The van der Waals surface area contributed by atoms with Gasteiger partial charge in [-0.25, -0.2) is 0 Å². The SMILES string of the molecule is C[SiH](C)Oc1ccc(C=C(Br)Br)cc1. The van der Waals surface area contributed by atoms with Crippen LogP contribution in [-0.2, 0) is 0 Å². The van der Waals surface area contributed by atoms with Gasteiger partial charge in [0.25, 0.3) is 0 Å². The van der Waals surface area contributed by atoms with Gasteiger partial charge in [-0.1, -0.05) is 12.1 Å². The maximum atomic E-state index is 5.67. The van der Waals surface area contributed by atoms with E-state index in [4.69, 9.17) is 4.43 Å². The largest absolute Gasteiger partial charge is 0.547 e. The Labute approximate surface area is 103 Å². The van der Waals surface area contributed by atoms with E-state index in [0.29, 0.717) is 0 Å². The summed E-state index contributed by atoms with van der Waals surface area (Å²) in [4.78, 5) is 0. The lowest BCUT2D eigenvalue weighted by Gasteiger charge is -2.08. The minimum absolute atomic E-state index is 0.942. The van der Waals surface area contributed by atoms with Crippen molar-refractivity contribution < 1.29 is 4.43 Å². The Morgan fingerprint density at radius 1 is 1.21 bits per heavy atom. The molecule has 76 valence electrons. The van der Waals surface area contributed by atoms with Crippen molar-refractivity contribution in [1.82, 2.24) is 0 Å². The fourth-order valence-corrected chi connectivity index (χ4v) is 2.27. The summed E-state index contributed by atoms with van der Waals surface area (Å²) in [6.07, 6.45) is 2.00. The highest BCUT2D eigenvalue weighted by Gasteiger charge is 1.98. The third-order valence-corrected chi connectivity index (χ3v) is 2.73. The second kappa shape index (κ2) is 5.73. The normalized spacial score (nSPS) is 10.1. The minimum atomic E-state index is -0.975. The molecule has 0 fully saturated rings. The lowest BCUT2D eigenvalue weighted by molar-refractivity contribution is 0.581. The zero-order valence-corrected chi connectivity index (χ0v) is 12.5. The Kier molecular flexibility index (Phi) is 4.91. The van der Waals surface area contributed by atoms with E-state index in [1.807, 2.05) is 30.3 Å². The Morgan fingerprint density at radius 3 is 2.21 bits per heavy atom. The van der Waals surface area contributed by atoms with Crippen LogP contribution in [-0.4, -0.2) is 9.04 Å². The molecule has 1 aromatic rings. The van der Waals surface area contributed by atoms with Crippen LogP contribution >= 0.6 is 31.9 Å². The minimum Gasteiger partial charge on any atom is -0.547 e. The quantitative estimate of drug-likeness (QED) is 0.754. The molecular formula is C10H12Br2OSi. The fourth-order valence-electron chi connectivity index (χ4n) is 1.04. The summed E-state index contributed by atoms with van der Waals surface area (Å²) in [5.41, 5.74) is 1.14. The van der Waals surface area contributed by atoms with Crippen molar-refractivity contribution in [3.8, 4) is 5.75 Å². The van der Waals surface area contributed by atoms with Crippen LogP contribution < -0.4 is 4.43 Å². The molecular weight excluding hydrogens is 324 g/mol. The van der Waals surface area contributed by atoms with Crippen LogP contribution in [0.1, 0.15) is 5.56 Å². The van der Waals surface area contributed by atoms with Crippen molar-refractivity contribution in [3.63, 3.8) is 0 Å². The Balaban J connectivity index is 2.74. The fraction of sp³-hybridized carbons (Fsp3) is 0.200. The second-order valence-electron chi connectivity index (χ2n) is 3.17. The number of halogens is 2. The van der Waals surface area contributed by atoms with Crippen LogP contribution in [0.25, 0.3) is 6.08 Å². The third kappa shape index (κ3) is 4.44. The van der Waals surface area contributed by atoms with Gasteiger partial charge < -0.3 is 4.43 Å². The van der Waals surface area contributed by atoms with Gasteiger partial charge >= 0.3 is 0 Å². The average Bonchev–Trinajstić information content (AvgIpc) is 2.06. The van der Waals surface area contributed by atoms with Gasteiger partial charge in [0.1, 0.15) is 5.75 Å². The van der Waals surface area contributed by atoms with Crippen LogP contribution in [0.15, 0.2) is 27.7 Å². The van der Waals surface area contributed by atoms with Gasteiger partial charge in [-0.15, -0.1) is 0 Å². The molecule has 0 radical (unpaired) electrons. The summed E-state index contributed by atoms with van der Waals surface area (Å²) in [6.45, 7) is 4.31. The van der Waals surface area contributed by atoms with Gasteiger partial charge in [-0.3, -0.25) is 0 Å². The van der Waals surface area contributed by atoms with E-state index in [1.165, 1.54) is 0 Å². The van der Waals surface area contributed by atoms with Crippen LogP contribution in [0, 0.1) is 0 Å². The lowest BCUT2D eigenvalue weighted by Crippen LogP contribution is -2.10. The molecule has 0 aliphatic heterocycles. The highest BCUT2D eigenvalue weighted by Crippen LogP contribution is 2.20. The zero-order chi connectivity index (χ0) is 10.6. The van der Waals surface area contributed by atoms with Crippen molar-refractivity contribution in [3.05, 3.63) is 33.2 Å². The molecule has 0 saturated carbocycles. The molecule has 0 aromatic heterocycles. The molecule has 1 aromatic carbocycles. The molecule has 14 heavy (non-hydrogen) atoms. The molecule has 0 aliphatic rings. The molecule has 1 rings (SSSR count). The topological polar surface area (TPSA) is 9.23 Å². The predicted molar refractivity (Wildman–Crippen MR) is 71.8 cm³/mol. The molecule has 0 aliphatic carbocycles. The zero-order valence-electron chi connectivity index (χ0n) is 8.13. The maximum Gasteiger partial charge on any atom is 0.229 e. The van der Waals surface area contributed by atoms with E-state index in [9.17, 15) is 0 Å². The summed E-state index contributed by atoms with van der Waals surface area (Å²) in [5.74, 6) is 0.967. The second-order valence-corrected chi connectivity index (χ2v) is 8.28. The molecule has 0 saturated heterocycles. The smallest absolute Gasteiger partial charge is 0.229 e. The van der Waals surface area contributed by atoms with Crippen LogP contribution in [0.4, 0.5) is 0 Å². The molecule has 0 N–H and O–H groups in total. The summed E-state index contributed by atoms with van der Waals surface area (Å²) in [7, 11) is -0.975. The molecule has 0 heterocycles. The Morgan fingerprint density at radius 2 is 1.79 bits per heavy atom. The van der Waals surface area contributed by atoms with E-state index in [2.05, 4.69) is 45.0 Å². The standard InChI is InChI=1S/C10H12Br2OSi/c1-14(2)13-9-5-3-8(4-6-9)7-10(11)12/h3-7,14H,1-2H3. The summed E-state index contributed by atoms with van der Waals surface area (Å²) in [6, 6.07) is 8.08. The molecule has 0 unspecified atom stereocenters. The number of hydrogen-bond acceptors (Lipinski definition) is 1. The highest BCUT2D eigenvalue weighted by molar-refractivity contribution is 9.28. The first-order chi connectivity index (χ1) is 6.58. The first kappa shape index (κ1) is 12.0. The molecule has 0 spiro atoms. The van der Waals surface area contributed by atoms with Gasteiger partial charge in [0.2, 0.25) is 9.04 Å². The van der Waals surface area contributed by atoms with Gasteiger partial charge in [-0.2, -0.15) is 0 Å². The van der Waals surface area contributed by atoms with E-state index < -0.39 is 9.04 Å². The van der Waals surface area contributed by atoms with E-state index in [0.717, 1.165) is 14.7 Å². The van der Waals surface area contributed by atoms with Gasteiger partial charge in [0.05, 0.1) is 3.39 Å². The van der Waals surface area contributed by atoms with Crippen molar-refractivity contribution in [2.24, 2.45) is 0 Å². The summed E-state index contributed by atoms with van der Waals surface area (Å²) >= 11 is 6.65. The first-order valence-corrected chi connectivity index (χ1v) is 8.74. The molecule has 0 amide bonds. The summed E-state index contributed by atoms with van der Waals surface area (Å²) < 4.78 is 6.61. The molecule has 1 nitrogen and oxygen atoms in total. The molecule has 0 bridgehead atoms. The molecule has 4 heteroatoms. The predicted octanol–water partition coefficient (Wildman–Crippen LogP) is 4.14. The van der Waals surface area contributed by atoms with Crippen molar-refractivity contribution in [2.75, 3.05) is 0 Å². The monoisotopic (exact) mass is 334 g/mol. The third-order valence-electron chi connectivity index (χ3n) is 1.53. The number of benzene rings is 1. The average molecular weight is 336 g/mol. The van der Waals surface area contributed by atoms with E-state index in [-0.39, 0.29) is 0 Å². The Bertz CT molecular complexity index is 315. The van der Waals surface area contributed by atoms with Crippen LogP contribution in [0.5, 0.6) is 5.75 Å². The maximum absolute atomic E-state index is 5.67. The van der Waals surface area contributed by atoms with Crippen molar-refractivity contribution >= 4 is 47.0 Å². The lowest BCUT2D eigenvalue weighted by atomic mass is 10.2. The molecule has 0 atom stereocenters. The highest BCUT2D eigenvalue weighted by atomic mass is 79.9.